The number of esters is 1. The van der Waals surface area contributed by atoms with E-state index in [0.717, 1.165) is 39.7 Å². The minimum Gasteiger partial charge on any atom is -0.491 e. The molecule has 3 aromatic carbocycles. The molecule has 0 saturated heterocycles. The summed E-state index contributed by atoms with van der Waals surface area (Å²) in [6.45, 7) is 9.95. The van der Waals surface area contributed by atoms with E-state index in [2.05, 4.69) is 30.1 Å². The smallest absolute Gasteiger partial charge is 0.347 e. The highest BCUT2D eigenvalue weighted by Crippen LogP contribution is 2.20. The molecule has 4 aromatic rings. The molecule has 0 aliphatic heterocycles. The minimum absolute atomic E-state index is 0.343. The monoisotopic (exact) mass is 610 g/mol. The molecule has 1 N–H and O–H groups in total. The summed E-state index contributed by atoms with van der Waals surface area (Å²) in [7, 11) is -1.32. The van der Waals surface area contributed by atoms with Crippen LogP contribution in [-0.4, -0.2) is 45.0 Å². The average Bonchev–Trinajstić information content (AvgIpc) is 3.02. The van der Waals surface area contributed by atoms with Crippen molar-refractivity contribution in [2.75, 3.05) is 19.8 Å². The van der Waals surface area contributed by atoms with Gasteiger partial charge in [-0.1, -0.05) is 79.8 Å². The molecule has 0 radical (unpaired) electrons. The van der Waals surface area contributed by atoms with E-state index < -0.39 is 14.2 Å². The molecular formula is C36H42N2O5Si. The SMILES string of the molecule is Cc1ccc(OC(Cc2ccc(OCCONC=Cc3ccc(-c4ccccn4)cc3)cc2)C(=O)OCC[Si](C)(C)C)cc1. The Hall–Kier alpha value is -4.40. The lowest BCUT2D eigenvalue weighted by Crippen LogP contribution is -2.33. The fourth-order valence-corrected chi connectivity index (χ4v) is 4.89. The minimum atomic E-state index is -1.32. The summed E-state index contributed by atoms with van der Waals surface area (Å²) < 4.78 is 17.5. The van der Waals surface area contributed by atoms with Crippen LogP contribution in [-0.2, 0) is 20.8 Å². The number of aromatic nitrogens is 1. The highest BCUT2D eigenvalue weighted by Gasteiger charge is 2.24. The van der Waals surface area contributed by atoms with Gasteiger partial charge in [-0.3, -0.25) is 15.3 Å². The molecule has 0 bridgehead atoms. The second-order valence-corrected chi connectivity index (χ2v) is 17.4. The number of hydroxylamine groups is 1. The molecule has 7 nitrogen and oxygen atoms in total. The summed E-state index contributed by atoms with van der Waals surface area (Å²) in [5, 5.41) is 0. The lowest BCUT2D eigenvalue weighted by atomic mass is 10.1. The molecule has 0 spiro atoms. The van der Waals surface area contributed by atoms with Crippen molar-refractivity contribution >= 4 is 20.1 Å². The van der Waals surface area contributed by atoms with Crippen LogP contribution in [0.4, 0.5) is 0 Å². The Bertz CT molecular complexity index is 1450. The molecule has 0 aliphatic rings. The van der Waals surface area contributed by atoms with E-state index in [4.69, 9.17) is 19.0 Å². The molecule has 1 atom stereocenters. The maximum absolute atomic E-state index is 13.0. The van der Waals surface area contributed by atoms with Crippen LogP contribution in [0.1, 0.15) is 16.7 Å². The molecule has 1 unspecified atom stereocenters. The maximum atomic E-state index is 13.0. The summed E-state index contributed by atoms with van der Waals surface area (Å²) >= 11 is 0. The van der Waals surface area contributed by atoms with E-state index in [1.165, 1.54) is 0 Å². The number of ether oxygens (including phenoxy) is 3. The molecular weight excluding hydrogens is 568 g/mol. The lowest BCUT2D eigenvalue weighted by Gasteiger charge is -2.20. The first-order valence-corrected chi connectivity index (χ1v) is 18.6. The normalized spacial score (nSPS) is 12.1. The Morgan fingerprint density at radius 1 is 0.864 bits per heavy atom. The quantitative estimate of drug-likeness (QED) is 0.0609. The van der Waals surface area contributed by atoms with Gasteiger partial charge in [-0.2, -0.15) is 0 Å². The Labute approximate surface area is 261 Å². The van der Waals surface area contributed by atoms with Gasteiger partial charge in [0.1, 0.15) is 24.7 Å². The van der Waals surface area contributed by atoms with E-state index in [1.807, 2.05) is 104 Å². The van der Waals surface area contributed by atoms with Gasteiger partial charge in [0.05, 0.1) is 12.3 Å². The fourth-order valence-electron chi connectivity index (χ4n) is 4.18. The van der Waals surface area contributed by atoms with Gasteiger partial charge in [0.25, 0.3) is 0 Å². The van der Waals surface area contributed by atoms with Gasteiger partial charge >= 0.3 is 5.97 Å². The third-order valence-corrected chi connectivity index (χ3v) is 8.46. The number of hydrogen-bond donors (Lipinski definition) is 1. The maximum Gasteiger partial charge on any atom is 0.347 e. The number of pyridine rings is 1. The Morgan fingerprint density at radius 2 is 1.59 bits per heavy atom. The zero-order valence-electron chi connectivity index (χ0n) is 26.0. The molecule has 0 saturated carbocycles. The molecule has 8 heteroatoms. The number of benzene rings is 3. The number of nitrogens with zero attached hydrogens (tertiary/aromatic N) is 1. The van der Waals surface area contributed by atoms with Crippen molar-refractivity contribution in [2.45, 2.75) is 45.1 Å². The second kappa shape index (κ2) is 16.4. The number of carbonyl (C=O) groups is 1. The van der Waals surface area contributed by atoms with E-state index in [1.54, 1.807) is 12.4 Å². The summed E-state index contributed by atoms with van der Waals surface area (Å²) in [6, 6.07) is 30.3. The predicted molar refractivity (Wildman–Crippen MR) is 178 cm³/mol. The largest absolute Gasteiger partial charge is 0.491 e. The van der Waals surface area contributed by atoms with Crippen LogP contribution < -0.4 is 15.0 Å². The molecule has 230 valence electrons. The molecule has 0 aliphatic carbocycles. The average molecular weight is 611 g/mol. The number of rotatable bonds is 16. The van der Waals surface area contributed by atoms with Crippen LogP contribution in [0.25, 0.3) is 17.3 Å². The van der Waals surface area contributed by atoms with Crippen molar-refractivity contribution in [1.82, 2.24) is 10.5 Å². The number of carbonyl (C=O) groups excluding carboxylic acids is 1. The highest BCUT2D eigenvalue weighted by atomic mass is 28.3. The first-order valence-electron chi connectivity index (χ1n) is 14.9. The third-order valence-electron chi connectivity index (χ3n) is 6.76. The number of nitrogens with one attached hydrogen (secondary N) is 1. The van der Waals surface area contributed by atoms with Crippen LogP contribution in [0.3, 0.4) is 0 Å². The van der Waals surface area contributed by atoms with E-state index in [0.29, 0.717) is 32.0 Å². The van der Waals surface area contributed by atoms with Crippen molar-refractivity contribution in [3.05, 3.63) is 120 Å². The summed E-state index contributed by atoms with van der Waals surface area (Å²) in [5.41, 5.74) is 7.97. The van der Waals surface area contributed by atoms with Crippen LogP contribution >= 0.6 is 0 Å². The molecule has 44 heavy (non-hydrogen) atoms. The molecule has 1 heterocycles. The van der Waals surface area contributed by atoms with Crippen LogP contribution in [0, 0.1) is 6.92 Å². The Morgan fingerprint density at radius 3 is 2.27 bits per heavy atom. The van der Waals surface area contributed by atoms with Gasteiger partial charge in [0.15, 0.2) is 6.10 Å². The van der Waals surface area contributed by atoms with Crippen LogP contribution in [0.2, 0.25) is 25.7 Å². The van der Waals surface area contributed by atoms with Gasteiger partial charge in [0, 0.05) is 32.5 Å². The Kier molecular flexibility index (Phi) is 12.2. The van der Waals surface area contributed by atoms with Crippen molar-refractivity contribution < 1.29 is 23.8 Å². The van der Waals surface area contributed by atoms with Crippen LogP contribution in [0.5, 0.6) is 11.5 Å². The summed E-state index contributed by atoms with van der Waals surface area (Å²) in [5.74, 6) is 1.02. The molecule has 0 amide bonds. The van der Waals surface area contributed by atoms with Crippen LogP contribution in [0.15, 0.2) is 103 Å². The Balaban J connectivity index is 1.20. The van der Waals surface area contributed by atoms with Crippen molar-refractivity contribution in [1.29, 1.82) is 0 Å². The highest BCUT2D eigenvalue weighted by molar-refractivity contribution is 6.76. The van der Waals surface area contributed by atoms with Gasteiger partial charge < -0.3 is 14.2 Å². The van der Waals surface area contributed by atoms with Gasteiger partial charge in [-0.15, -0.1) is 0 Å². The van der Waals surface area contributed by atoms with Crippen molar-refractivity contribution in [3.63, 3.8) is 0 Å². The second-order valence-electron chi connectivity index (χ2n) is 11.7. The number of aryl methyl sites for hydroxylation is 1. The molecule has 1 aromatic heterocycles. The van der Waals surface area contributed by atoms with E-state index in [-0.39, 0.29) is 5.97 Å². The zero-order chi connectivity index (χ0) is 31.2. The first-order chi connectivity index (χ1) is 21.2. The van der Waals surface area contributed by atoms with Gasteiger partial charge in [0.2, 0.25) is 0 Å². The topological polar surface area (TPSA) is 78.9 Å². The van der Waals surface area contributed by atoms with E-state index in [9.17, 15) is 4.79 Å². The standard InChI is InChI=1S/C36H42N2O5Si/c1-28-8-16-33(17-9-28)43-35(36(39)41-25-26-44(2,3)4)27-30-12-18-32(19-13-30)40-23-24-42-38-22-20-29-10-14-31(15-11-29)34-7-5-6-21-37-34/h5-22,35,38H,23-27H2,1-4H3. The van der Waals surface area contributed by atoms with Gasteiger partial charge in [-0.05, 0) is 66.6 Å². The first kappa shape index (κ1) is 32.5. The molecule has 4 rings (SSSR count). The fraction of sp³-hybridized carbons (Fsp3) is 0.278. The van der Waals surface area contributed by atoms with E-state index >= 15 is 0 Å². The lowest BCUT2D eigenvalue weighted by molar-refractivity contribution is -0.151. The zero-order valence-corrected chi connectivity index (χ0v) is 27.0. The summed E-state index contributed by atoms with van der Waals surface area (Å²) in [4.78, 5) is 22.8. The third kappa shape index (κ3) is 11.4. The van der Waals surface area contributed by atoms with Gasteiger partial charge in [-0.25, -0.2) is 4.79 Å². The van der Waals surface area contributed by atoms with Crippen molar-refractivity contribution in [3.8, 4) is 22.8 Å². The number of hydrogen-bond acceptors (Lipinski definition) is 7. The summed E-state index contributed by atoms with van der Waals surface area (Å²) in [6.07, 6.45) is 5.12. The predicted octanol–water partition coefficient (Wildman–Crippen LogP) is 7.50. The van der Waals surface area contributed by atoms with Crippen molar-refractivity contribution in [2.24, 2.45) is 0 Å². The molecule has 0 fully saturated rings.